The molecule has 1 heterocycles. The maximum Gasteiger partial charge on any atom is 0.315 e. The molecule has 2 rings (SSSR count). The van der Waals surface area contributed by atoms with Crippen molar-refractivity contribution in [3.8, 4) is 0 Å². The van der Waals surface area contributed by atoms with Gasteiger partial charge in [-0.05, 0) is 25.8 Å². The number of esters is 1. The van der Waals surface area contributed by atoms with Gasteiger partial charge < -0.3 is 10.1 Å². The maximum atomic E-state index is 11.5. The van der Waals surface area contributed by atoms with Crippen LogP contribution in [-0.2, 0) is 9.53 Å². The van der Waals surface area contributed by atoms with Crippen LogP contribution in [0.1, 0.15) is 19.3 Å². The summed E-state index contributed by atoms with van der Waals surface area (Å²) in [6.07, 6.45) is 5.10. The van der Waals surface area contributed by atoms with Crippen LogP contribution in [0, 0.1) is 5.41 Å². The summed E-state index contributed by atoms with van der Waals surface area (Å²) >= 11 is 0. The molecule has 0 atom stereocenters. The second-order valence-electron chi connectivity index (χ2n) is 3.76. The van der Waals surface area contributed by atoms with Gasteiger partial charge in [0.25, 0.3) is 0 Å². The first-order chi connectivity index (χ1) is 6.29. The zero-order valence-electron chi connectivity index (χ0n) is 7.93. The van der Waals surface area contributed by atoms with Crippen LogP contribution in [0.3, 0.4) is 0 Å². The van der Waals surface area contributed by atoms with E-state index in [0.29, 0.717) is 0 Å². The van der Waals surface area contributed by atoms with E-state index in [2.05, 4.69) is 11.4 Å². The fourth-order valence-corrected chi connectivity index (χ4v) is 2.03. The van der Waals surface area contributed by atoms with Crippen LogP contribution in [0.4, 0.5) is 0 Å². The van der Waals surface area contributed by atoms with E-state index in [1.54, 1.807) is 0 Å². The molecule has 1 aliphatic heterocycles. The van der Waals surface area contributed by atoms with E-state index in [1.165, 1.54) is 12.7 Å². The average Bonchev–Trinajstić information content (AvgIpc) is 2.99. The smallest absolute Gasteiger partial charge is 0.315 e. The predicted octanol–water partition coefficient (Wildman–Crippen LogP) is 0.859. The molecule has 0 saturated heterocycles. The maximum absolute atomic E-state index is 11.5. The molecule has 1 saturated carbocycles. The number of carbonyl (C=O) groups excluding carboxylic acids is 1. The third-order valence-electron chi connectivity index (χ3n) is 3.00. The second kappa shape index (κ2) is 3.14. The van der Waals surface area contributed by atoms with Gasteiger partial charge in [0.05, 0.1) is 12.5 Å². The fourth-order valence-electron chi connectivity index (χ4n) is 2.03. The lowest BCUT2D eigenvalue weighted by Gasteiger charge is -2.20. The number of carbonyl (C=O) groups is 1. The van der Waals surface area contributed by atoms with Crippen molar-refractivity contribution < 1.29 is 9.53 Å². The molecule has 72 valence electrons. The Bertz CT molecular complexity index is 254. The summed E-state index contributed by atoms with van der Waals surface area (Å²) in [6.45, 7) is 1.89. The summed E-state index contributed by atoms with van der Waals surface area (Å²) in [6, 6.07) is 0. The van der Waals surface area contributed by atoms with Crippen molar-refractivity contribution in [2.45, 2.75) is 19.3 Å². The second-order valence-corrected chi connectivity index (χ2v) is 3.76. The SMILES string of the molecule is COC(=O)C1(C2=CCNCC2)CC1. The van der Waals surface area contributed by atoms with Crippen LogP contribution in [0.25, 0.3) is 0 Å². The van der Waals surface area contributed by atoms with E-state index in [-0.39, 0.29) is 11.4 Å². The third kappa shape index (κ3) is 1.37. The summed E-state index contributed by atoms with van der Waals surface area (Å²) in [5.41, 5.74) is 1.08. The predicted molar refractivity (Wildman–Crippen MR) is 49.3 cm³/mol. The van der Waals surface area contributed by atoms with Gasteiger partial charge in [-0.2, -0.15) is 0 Å². The van der Waals surface area contributed by atoms with Gasteiger partial charge in [0.15, 0.2) is 0 Å². The highest BCUT2D eigenvalue weighted by molar-refractivity contribution is 5.83. The van der Waals surface area contributed by atoms with Gasteiger partial charge in [-0.15, -0.1) is 0 Å². The first-order valence-electron chi connectivity index (χ1n) is 4.78. The highest BCUT2D eigenvalue weighted by Gasteiger charge is 2.53. The lowest BCUT2D eigenvalue weighted by atomic mass is 9.91. The molecule has 0 unspecified atom stereocenters. The van der Waals surface area contributed by atoms with Crippen LogP contribution in [0.2, 0.25) is 0 Å². The molecule has 0 aromatic carbocycles. The summed E-state index contributed by atoms with van der Waals surface area (Å²) in [5, 5.41) is 3.24. The Morgan fingerprint density at radius 1 is 1.62 bits per heavy atom. The summed E-state index contributed by atoms with van der Waals surface area (Å²) in [7, 11) is 1.48. The normalized spacial score (nSPS) is 24.8. The van der Waals surface area contributed by atoms with E-state index in [1.807, 2.05) is 0 Å². The van der Waals surface area contributed by atoms with Crippen LogP contribution in [-0.4, -0.2) is 26.2 Å². The zero-order chi connectivity index (χ0) is 9.31. The van der Waals surface area contributed by atoms with Crippen LogP contribution >= 0.6 is 0 Å². The van der Waals surface area contributed by atoms with Gasteiger partial charge >= 0.3 is 5.97 Å². The van der Waals surface area contributed by atoms with Crippen LogP contribution in [0.5, 0.6) is 0 Å². The van der Waals surface area contributed by atoms with Gasteiger partial charge in [0.2, 0.25) is 0 Å². The lowest BCUT2D eigenvalue weighted by molar-refractivity contribution is -0.145. The number of hydrogen-bond donors (Lipinski definition) is 1. The molecular weight excluding hydrogens is 166 g/mol. The molecule has 13 heavy (non-hydrogen) atoms. The summed E-state index contributed by atoms with van der Waals surface area (Å²) < 4.78 is 4.83. The van der Waals surface area contributed by atoms with E-state index in [0.717, 1.165) is 32.4 Å². The quantitative estimate of drug-likeness (QED) is 0.507. The molecule has 0 bridgehead atoms. The largest absolute Gasteiger partial charge is 0.468 e. The summed E-state index contributed by atoms with van der Waals surface area (Å²) in [4.78, 5) is 11.5. The minimum atomic E-state index is -0.211. The molecule has 0 radical (unpaired) electrons. The number of hydrogen-bond acceptors (Lipinski definition) is 3. The van der Waals surface area contributed by atoms with Crippen molar-refractivity contribution >= 4 is 5.97 Å². The molecule has 1 fully saturated rings. The van der Waals surface area contributed by atoms with Crippen molar-refractivity contribution in [3.05, 3.63) is 11.6 Å². The molecular formula is C10H15NO2. The average molecular weight is 181 g/mol. The van der Waals surface area contributed by atoms with Gasteiger partial charge in [-0.3, -0.25) is 4.79 Å². The van der Waals surface area contributed by atoms with Gasteiger partial charge in [-0.1, -0.05) is 11.6 Å². The Labute approximate surface area is 78.1 Å². The first kappa shape index (κ1) is 8.75. The minimum Gasteiger partial charge on any atom is -0.468 e. The van der Waals surface area contributed by atoms with E-state index in [4.69, 9.17) is 4.74 Å². The Morgan fingerprint density at radius 3 is 2.85 bits per heavy atom. The molecule has 3 nitrogen and oxygen atoms in total. The molecule has 1 N–H and O–H groups in total. The molecule has 2 aliphatic rings. The van der Waals surface area contributed by atoms with Crippen molar-refractivity contribution in [3.63, 3.8) is 0 Å². The summed E-state index contributed by atoms with van der Waals surface area (Å²) in [5.74, 6) is -0.0411. The highest BCUT2D eigenvalue weighted by Crippen LogP contribution is 2.54. The van der Waals surface area contributed by atoms with Crippen molar-refractivity contribution in [1.82, 2.24) is 5.32 Å². The Morgan fingerprint density at radius 2 is 2.38 bits per heavy atom. The molecule has 1 aliphatic carbocycles. The molecule has 0 spiro atoms. The number of ether oxygens (including phenoxy) is 1. The van der Waals surface area contributed by atoms with E-state index in [9.17, 15) is 4.79 Å². The van der Waals surface area contributed by atoms with Crippen molar-refractivity contribution in [1.29, 1.82) is 0 Å². The first-order valence-corrected chi connectivity index (χ1v) is 4.78. The number of rotatable bonds is 2. The van der Waals surface area contributed by atoms with Gasteiger partial charge in [0.1, 0.15) is 0 Å². The monoisotopic (exact) mass is 181 g/mol. The molecule has 3 heteroatoms. The topological polar surface area (TPSA) is 38.3 Å². The van der Waals surface area contributed by atoms with E-state index < -0.39 is 0 Å². The minimum absolute atomic E-state index is 0.0411. The third-order valence-corrected chi connectivity index (χ3v) is 3.00. The zero-order valence-corrected chi connectivity index (χ0v) is 7.93. The van der Waals surface area contributed by atoms with E-state index >= 15 is 0 Å². The Hall–Kier alpha value is -0.830. The Balaban J connectivity index is 2.14. The number of nitrogens with one attached hydrogen (secondary N) is 1. The highest BCUT2D eigenvalue weighted by atomic mass is 16.5. The fraction of sp³-hybridized carbons (Fsp3) is 0.700. The number of methoxy groups -OCH3 is 1. The van der Waals surface area contributed by atoms with Crippen LogP contribution < -0.4 is 5.32 Å². The standard InChI is InChI=1S/C10H15NO2/c1-13-9(12)10(4-5-10)8-2-6-11-7-3-8/h2,11H,3-7H2,1H3. The van der Waals surface area contributed by atoms with Crippen molar-refractivity contribution in [2.24, 2.45) is 5.41 Å². The van der Waals surface area contributed by atoms with Crippen molar-refractivity contribution in [2.75, 3.05) is 20.2 Å². The molecule has 0 amide bonds. The lowest BCUT2D eigenvalue weighted by Crippen LogP contribution is -2.28. The van der Waals surface area contributed by atoms with Crippen LogP contribution in [0.15, 0.2) is 11.6 Å². The molecule has 0 aromatic rings. The molecule has 0 aromatic heterocycles. The Kier molecular flexibility index (Phi) is 2.12. The van der Waals surface area contributed by atoms with Gasteiger partial charge in [0, 0.05) is 6.54 Å². The van der Waals surface area contributed by atoms with Gasteiger partial charge in [-0.25, -0.2) is 0 Å².